The molecule has 1 aromatic rings. The van der Waals surface area contributed by atoms with Crippen LogP contribution in [0.5, 0.6) is 0 Å². The number of carbonyl (C=O) groups excluding carboxylic acids is 1. The lowest BCUT2D eigenvalue weighted by Crippen LogP contribution is -2.32. The minimum Gasteiger partial charge on any atom is -0.295 e. The van der Waals surface area contributed by atoms with Crippen LogP contribution in [-0.2, 0) is 10.0 Å². The molecule has 0 spiro atoms. The van der Waals surface area contributed by atoms with Crippen LogP contribution in [0.3, 0.4) is 0 Å². The van der Waals surface area contributed by atoms with E-state index < -0.39 is 10.0 Å². The van der Waals surface area contributed by atoms with Gasteiger partial charge >= 0.3 is 0 Å². The molecule has 0 saturated heterocycles. The number of carbonyl (C=O) groups is 1. The molecule has 1 unspecified atom stereocenters. The number of nitrogens with one attached hydrogen (secondary N) is 1. The van der Waals surface area contributed by atoms with Crippen LogP contribution in [0.15, 0.2) is 29.2 Å². The predicted molar refractivity (Wildman–Crippen MR) is 84.9 cm³/mol. The van der Waals surface area contributed by atoms with Crippen molar-refractivity contribution >= 4 is 15.8 Å². The average Bonchev–Trinajstić information content (AvgIpc) is 2.37. The van der Waals surface area contributed by atoms with Gasteiger partial charge in [0.25, 0.3) is 0 Å². The summed E-state index contributed by atoms with van der Waals surface area (Å²) in [7, 11) is -3.51. The molecule has 0 heterocycles. The Morgan fingerprint density at radius 3 is 2.14 bits per heavy atom. The van der Waals surface area contributed by atoms with Crippen LogP contribution in [-0.4, -0.2) is 20.2 Å². The molecule has 1 aromatic carbocycles. The van der Waals surface area contributed by atoms with Gasteiger partial charge in [0.15, 0.2) is 5.78 Å². The number of hydrogen-bond acceptors (Lipinski definition) is 3. The summed E-state index contributed by atoms with van der Waals surface area (Å²) in [4.78, 5) is 11.4. The third-order valence-electron chi connectivity index (χ3n) is 3.35. The second kappa shape index (κ2) is 7.71. The predicted octanol–water partition coefficient (Wildman–Crippen LogP) is 3.38. The van der Waals surface area contributed by atoms with E-state index in [-0.39, 0.29) is 16.7 Å². The zero-order valence-corrected chi connectivity index (χ0v) is 14.0. The van der Waals surface area contributed by atoms with E-state index in [0.717, 1.165) is 19.3 Å². The van der Waals surface area contributed by atoms with Gasteiger partial charge in [-0.05, 0) is 38.3 Å². The van der Waals surface area contributed by atoms with Crippen LogP contribution in [0.1, 0.15) is 57.3 Å². The molecule has 0 bridgehead atoms. The Bertz CT molecular complexity index is 562. The summed E-state index contributed by atoms with van der Waals surface area (Å²) in [6.07, 6.45) is 2.92. The molecule has 1 atom stereocenters. The van der Waals surface area contributed by atoms with Gasteiger partial charge in [0.05, 0.1) is 4.90 Å². The number of Topliss-reactive ketones (excluding diaryl/α,β-unsaturated/α-hetero) is 1. The standard InChI is InChI=1S/C16H25NO3S/c1-12(2)6-5-7-13(3)17-21(19,20)16-10-8-15(9-11-16)14(4)18/h8-13,17H,5-7H2,1-4H3. The number of sulfonamides is 1. The molecule has 0 aliphatic heterocycles. The minimum absolute atomic E-state index is 0.0750. The van der Waals surface area contributed by atoms with Crippen LogP contribution in [0, 0.1) is 5.92 Å². The average molecular weight is 311 g/mol. The lowest BCUT2D eigenvalue weighted by atomic mass is 10.0. The van der Waals surface area contributed by atoms with E-state index in [9.17, 15) is 13.2 Å². The van der Waals surface area contributed by atoms with Crippen molar-refractivity contribution in [3.8, 4) is 0 Å². The fourth-order valence-electron chi connectivity index (χ4n) is 2.09. The van der Waals surface area contributed by atoms with Gasteiger partial charge in [-0.2, -0.15) is 0 Å². The summed E-state index contributed by atoms with van der Waals surface area (Å²) in [6, 6.07) is 5.93. The first-order valence-electron chi connectivity index (χ1n) is 7.35. The molecular weight excluding hydrogens is 286 g/mol. The van der Waals surface area contributed by atoms with Crippen LogP contribution >= 0.6 is 0 Å². The highest BCUT2D eigenvalue weighted by atomic mass is 32.2. The monoisotopic (exact) mass is 311 g/mol. The van der Waals surface area contributed by atoms with E-state index in [1.807, 2.05) is 6.92 Å². The van der Waals surface area contributed by atoms with E-state index >= 15 is 0 Å². The normalized spacial score (nSPS) is 13.4. The fraction of sp³-hybridized carbons (Fsp3) is 0.562. The quantitative estimate of drug-likeness (QED) is 0.749. The van der Waals surface area contributed by atoms with E-state index in [4.69, 9.17) is 0 Å². The Hall–Kier alpha value is -1.20. The van der Waals surface area contributed by atoms with Gasteiger partial charge in [0.1, 0.15) is 0 Å². The van der Waals surface area contributed by atoms with Crippen molar-refractivity contribution in [1.82, 2.24) is 4.72 Å². The lowest BCUT2D eigenvalue weighted by Gasteiger charge is -2.15. The first kappa shape index (κ1) is 17.9. The van der Waals surface area contributed by atoms with E-state index in [2.05, 4.69) is 18.6 Å². The SMILES string of the molecule is CC(=O)c1ccc(S(=O)(=O)NC(C)CCCC(C)C)cc1. The molecular formula is C16H25NO3S. The number of rotatable bonds is 8. The van der Waals surface area contributed by atoms with Gasteiger partial charge in [-0.1, -0.05) is 38.8 Å². The van der Waals surface area contributed by atoms with Crippen molar-refractivity contribution in [2.45, 2.75) is 57.9 Å². The Morgan fingerprint density at radius 1 is 1.10 bits per heavy atom. The molecule has 1 N–H and O–H groups in total. The Labute approximate surface area is 128 Å². The smallest absolute Gasteiger partial charge is 0.240 e. The van der Waals surface area contributed by atoms with Crippen molar-refractivity contribution in [2.24, 2.45) is 5.92 Å². The third kappa shape index (κ3) is 5.98. The zero-order valence-electron chi connectivity index (χ0n) is 13.2. The van der Waals surface area contributed by atoms with Gasteiger partial charge in [-0.25, -0.2) is 13.1 Å². The summed E-state index contributed by atoms with van der Waals surface area (Å²) >= 11 is 0. The highest BCUT2D eigenvalue weighted by Gasteiger charge is 2.17. The van der Waals surface area contributed by atoms with Gasteiger partial charge < -0.3 is 0 Å². The van der Waals surface area contributed by atoms with Crippen LogP contribution in [0.25, 0.3) is 0 Å². The number of hydrogen-bond donors (Lipinski definition) is 1. The fourth-order valence-corrected chi connectivity index (χ4v) is 3.37. The van der Waals surface area contributed by atoms with Gasteiger partial charge in [-0.3, -0.25) is 4.79 Å². The van der Waals surface area contributed by atoms with Gasteiger partial charge in [0, 0.05) is 11.6 Å². The molecule has 0 amide bonds. The maximum atomic E-state index is 12.2. The molecule has 0 radical (unpaired) electrons. The highest BCUT2D eigenvalue weighted by Crippen LogP contribution is 2.14. The van der Waals surface area contributed by atoms with Crippen molar-refractivity contribution in [1.29, 1.82) is 0 Å². The van der Waals surface area contributed by atoms with Gasteiger partial charge in [-0.15, -0.1) is 0 Å². The van der Waals surface area contributed by atoms with Gasteiger partial charge in [0.2, 0.25) is 10.0 Å². The summed E-state index contributed by atoms with van der Waals surface area (Å²) in [5.74, 6) is 0.557. The van der Waals surface area contributed by atoms with Crippen molar-refractivity contribution in [3.05, 3.63) is 29.8 Å². The van der Waals surface area contributed by atoms with Crippen molar-refractivity contribution in [3.63, 3.8) is 0 Å². The Morgan fingerprint density at radius 2 is 1.67 bits per heavy atom. The second-order valence-electron chi connectivity index (χ2n) is 5.93. The molecule has 0 fully saturated rings. The molecule has 0 aliphatic carbocycles. The maximum Gasteiger partial charge on any atom is 0.240 e. The molecule has 118 valence electrons. The molecule has 5 heteroatoms. The lowest BCUT2D eigenvalue weighted by molar-refractivity contribution is 0.101. The summed E-state index contributed by atoms with van der Waals surface area (Å²) in [6.45, 7) is 7.65. The van der Waals surface area contributed by atoms with Crippen LogP contribution < -0.4 is 4.72 Å². The zero-order chi connectivity index (χ0) is 16.0. The minimum atomic E-state index is -3.51. The second-order valence-corrected chi connectivity index (χ2v) is 7.64. The summed E-state index contributed by atoms with van der Waals surface area (Å²) in [5.41, 5.74) is 0.513. The van der Waals surface area contributed by atoms with E-state index in [1.165, 1.54) is 19.1 Å². The summed E-state index contributed by atoms with van der Waals surface area (Å²) in [5, 5.41) is 0. The van der Waals surface area contributed by atoms with Crippen molar-refractivity contribution < 1.29 is 13.2 Å². The molecule has 1 rings (SSSR count). The number of benzene rings is 1. The molecule has 21 heavy (non-hydrogen) atoms. The first-order valence-corrected chi connectivity index (χ1v) is 8.84. The molecule has 0 aromatic heterocycles. The molecule has 0 aliphatic rings. The van der Waals surface area contributed by atoms with E-state index in [0.29, 0.717) is 11.5 Å². The Balaban J connectivity index is 2.66. The molecule has 4 nitrogen and oxygen atoms in total. The largest absolute Gasteiger partial charge is 0.295 e. The highest BCUT2D eigenvalue weighted by molar-refractivity contribution is 7.89. The maximum absolute atomic E-state index is 12.2. The van der Waals surface area contributed by atoms with Crippen LogP contribution in [0.4, 0.5) is 0 Å². The Kier molecular flexibility index (Phi) is 6.55. The van der Waals surface area contributed by atoms with E-state index in [1.54, 1.807) is 12.1 Å². The summed E-state index contributed by atoms with van der Waals surface area (Å²) < 4.78 is 27.1. The number of ketones is 1. The third-order valence-corrected chi connectivity index (χ3v) is 4.95. The topological polar surface area (TPSA) is 63.2 Å². The molecule has 0 saturated carbocycles. The van der Waals surface area contributed by atoms with Crippen molar-refractivity contribution in [2.75, 3.05) is 0 Å². The van der Waals surface area contributed by atoms with Crippen LogP contribution in [0.2, 0.25) is 0 Å². The first-order chi connectivity index (χ1) is 9.72.